The number of nitrogens with two attached hydrogens (primary N) is 1. The lowest BCUT2D eigenvalue weighted by atomic mass is 10.1. The van der Waals surface area contributed by atoms with Crippen molar-refractivity contribution in [2.75, 3.05) is 13.7 Å². The maximum atomic E-state index is 11.2. The number of benzene rings is 1. The summed E-state index contributed by atoms with van der Waals surface area (Å²) in [5, 5.41) is 22.0. The number of phenols is 1. The van der Waals surface area contributed by atoms with Gasteiger partial charge in [-0.05, 0) is 30.2 Å². The standard InChI is InChI=1S/C12H17N3O4/c1-7-3-8(4-10(19-2)11(7)17)5-14-15-12(18)9(13)6-16/h3-5,9,16-17H,6,13H2,1-2H3,(H,15,18)/b14-5+/t9-/m0/s1. The van der Waals surface area contributed by atoms with Crippen LogP contribution in [0.5, 0.6) is 11.5 Å². The van der Waals surface area contributed by atoms with Crippen LogP contribution < -0.4 is 15.9 Å². The third-order valence-corrected chi connectivity index (χ3v) is 2.43. The van der Waals surface area contributed by atoms with E-state index in [0.717, 1.165) is 0 Å². The number of ether oxygens (including phenoxy) is 1. The number of nitrogens with zero attached hydrogens (tertiary/aromatic N) is 1. The molecule has 1 aromatic rings. The van der Waals surface area contributed by atoms with E-state index in [4.69, 9.17) is 15.6 Å². The van der Waals surface area contributed by atoms with Gasteiger partial charge in [-0.2, -0.15) is 5.10 Å². The lowest BCUT2D eigenvalue weighted by Crippen LogP contribution is -2.40. The Morgan fingerprint density at radius 3 is 2.89 bits per heavy atom. The highest BCUT2D eigenvalue weighted by molar-refractivity contribution is 5.85. The summed E-state index contributed by atoms with van der Waals surface area (Å²) in [6.45, 7) is 1.27. The first kappa shape index (κ1) is 14.9. The Morgan fingerprint density at radius 1 is 1.63 bits per heavy atom. The van der Waals surface area contributed by atoms with E-state index in [1.165, 1.54) is 13.3 Å². The molecule has 0 saturated heterocycles. The van der Waals surface area contributed by atoms with Crippen molar-refractivity contribution in [2.45, 2.75) is 13.0 Å². The smallest absolute Gasteiger partial charge is 0.259 e. The van der Waals surface area contributed by atoms with E-state index in [-0.39, 0.29) is 5.75 Å². The monoisotopic (exact) mass is 267 g/mol. The van der Waals surface area contributed by atoms with Crippen LogP contribution in [-0.4, -0.2) is 42.1 Å². The molecule has 0 unspecified atom stereocenters. The Hall–Kier alpha value is -2.12. The van der Waals surface area contributed by atoms with Gasteiger partial charge in [-0.15, -0.1) is 0 Å². The summed E-state index contributed by atoms with van der Waals surface area (Å²) in [6, 6.07) is 2.25. The molecule has 0 radical (unpaired) electrons. The molecule has 104 valence electrons. The minimum atomic E-state index is -1.01. The van der Waals surface area contributed by atoms with Gasteiger partial charge in [0.2, 0.25) is 0 Å². The lowest BCUT2D eigenvalue weighted by Gasteiger charge is -2.07. The summed E-state index contributed by atoms with van der Waals surface area (Å²) in [5.74, 6) is -0.202. The number of aromatic hydroxyl groups is 1. The molecule has 0 aliphatic heterocycles. The average Bonchev–Trinajstić information content (AvgIpc) is 2.41. The van der Waals surface area contributed by atoms with Crippen molar-refractivity contribution in [1.29, 1.82) is 0 Å². The van der Waals surface area contributed by atoms with Crippen LogP contribution in [0, 0.1) is 6.92 Å². The fourth-order valence-electron chi connectivity index (χ4n) is 1.34. The Morgan fingerprint density at radius 2 is 2.32 bits per heavy atom. The SMILES string of the molecule is COc1cc(/C=N/NC(=O)[C@@H](N)CO)cc(C)c1O. The predicted octanol–water partition coefficient (Wildman–Crippen LogP) is -0.521. The number of hydrogen-bond donors (Lipinski definition) is 4. The second kappa shape index (κ2) is 6.72. The Bertz CT molecular complexity index is 488. The van der Waals surface area contributed by atoms with E-state index in [0.29, 0.717) is 16.9 Å². The van der Waals surface area contributed by atoms with E-state index >= 15 is 0 Å². The highest BCUT2D eigenvalue weighted by atomic mass is 16.5. The number of aliphatic hydroxyl groups is 1. The molecule has 19 heavy (non-hydrogen) atoms. The molecule has 0 heterocycles. The van der Waals surface area contributed by atoms with Crippen molar-refractivity contribution < 1.29 is 19.7 Å². The molecule has 0 aliphatic rings. The lowest BCUT2D eigenvalue weighted by molar-refractivity contribution is -0.123. The molecule has 1 amide bonds. The van der Waals surface area contributed by atoms with Gasteiger partial charge in [0.25, 0.3) is 5.91 Å². The van der Waals surface area contributed by atoms with Crippen LogP contribution >= 0.6 is 0 Å². The molecule has 1 rings (SSSR count). The third kappa shape index (κ3) is 3.94. The van der Waals surface area contributed by atoms with Gasteiger partial charge in [-0.3, -0.25) is 4.79 Å². The van der Waals surface area contributed by atoms with E-state index in [1.54, 1.807) is 19.1 Å². The molecule has 1 aromatic carbocycles. The molecule has 0 aromatic heterocycles. The van der Waals surface area contributed by atoms with Gasteiger partial charge in [0, 0.05) is 0 Å². The summed E-state index contributed by atoms with van der Waals surface area (Å²) in [6.07, 6.45) is 1.39. The molecule has 0 aliphatic carbocycles. The van der Waals surface area contributed by atoms with Crippen LogP contribution in [-0.2, 0) is 4.79 Å². The molecule has 5 N–H and O–H groups in total. The summed E-state index contributed by atoms with van der Waals surface area (Å²) in [7, 11) is 1.44. The first-order valence-corrected chi connectivity index (χ1v) is 5.56. The average molecular weight is 267 g/mol. The Kier molecular flexibility index (Phi) is 5.28. The number of methoxy groups -OCH3 is 1. The van der Waals surface area contributed by atoms with Crippen molar-refractivity contribution in [3.05, 3.63) is 23.3 Å². The number of hydrazone groups is 1. The van der Waals surface area contributed by atoms with Crippen LogP contribution in [0.3, 0.4) is 0 Å². The van der Waals surface area contributed by atoms with Crippen LogP contribution in [0.25, 0.3) is 0 Å². The van der Waals surface area contributed by atoms with Gasteiger partial charge < -0.3 is 20.7 Å². The summed E-state index contributed by atoms with van der Waals surface area (Å²) in [5.41, 5.74) is 8.76. The second-order valence-electron chi connectivity index (χ2n) is 3.91. The number of rotatable bonds is 5. The zero-order valence-corrected chi connectivity index (χ0v) is 10.8. The van der Waals surface area contributed by atoms with Gasteiger partial charge in [0.1, 0.15) is 6.04 Å². The van der Waals surface area contributed by atoms with Crippen molar-refractivity contribution >= 4 is 12.1 Å². The minimum absolute atomic E-state index is 0.0611. The largest absolute Gasteiger partial charge is 0.504 e. The van der Waals surface area contributed by atoms with Crippen LogP contribution in [0.15, 0.2) is 17.2 Å². The Labute approximate surface area is 110 Å². The number of amides is 1. The number of nitrogens with one attached hydrogen (secondary N) is 1. The number of aliphatic hydroxyl groups excluding tert-OH is 1. The predicted molar refractivity (Wildman–Crippen MR) is 70.2 cm³/mol. The minimum Gasteiger partial charge on any atom is -0.504 e. The molecule has 1 atom stereocenters. The van der Waals surface area contributed by atoms with Crippen molar-refractivity contribution in [2.24, 2.45) is 10.8 Å². The zero-order valence-electron chi connectivity index (χ0n) is 10.8. The highest BCUT2D eigenvalue weighted by Crippen LogP contribution is 2.30. The zero-order chi connectivity index (χ0) is 14.4. The summed E-state index contributed by atoms with van der Waals surface area (Å²) < 4.78 is 5.00. The molecule has 0 saturated carbocycles. The third-order valence-electron chi connectivity index (χ3n) is 2.43. The fourth-order valence-corrected chi connectivity index (χ4v) is 1.34. The molecule has 0 fully saturated rings. The van der Waals surface area contributed by atoms with Crippen molar-refractivity contribution in [1.82, 2.24) is 5.43 Å². The number of carbonyl (C=O) groups is 1. The Balaban J connectivity index is 2.77. The summed E-state index contributed by atoms with van der Waals surface area (Å²) in [4.78, 5) is 11.2. The molecular formula is C12H17N3O4. The van der Waals surface area contributed by atoms with Gasteiger partial charge in [0.15, 0.2) is 11.5 Å². The first-order chi connectivity index (χ1) is 8.99. The molecule has 0 bridgehead atoms. The number of carbonyl (C=O) groups excluding carboxylic acids is 1. The van der Waals surface area contributed by atoms with E-state index in [9.17, 15) is 9.90 Å². The van der Waals surface area contributed by atoms with Gasteiger partial charge in [0.05, 0.1) is 19.9 Å². The van der Waals surface area contributed by atoms with Gasteiger partial charge in [-0.1, -0.05) is 0 Å². The normalized spacial score (nSPS) is 12.4. The van der Waals surface area contributed by atoms with E-state index in [1.807, 2.05) is 0 Å². The maximum Gasteiger partial charge on any atom is 0.259 e. The van der Waals surface area contributed by atoms with Crippen LogP contribution in [0.1, 0.15) is 11.1 Å². The van der Waals surface area contributed by atoms with E-state index in [2.05, 4.69) is 10.5 Å². The quantitative estimate of drug-likeness (QED) is 0.423. The molecule has 7 nitrogen and oxygen atoms in total. The maximum absolute atomic E-state index is 11.2. The second-order valence-corrected chi connectivity index (χ2v) is 3.91. The molecular weight excluding hydrogens is 250 g/mol. The van der Waals surface area contributed by atoms with Gasteiger partial charge in [-0.25, -0.2) is 5.43 Å². The summed E-state index contributed by atoms with van der Waals surface area (Å²) >= 11 is 0. The van der Waals surface area contributed by atoms with Crippen molar-refractivity contribution in [3.8, 4) is 11.5 Å². The molecule has 7 heteroatoms. The van der Waals surface area contributed by atoms with Gasteiger partial charge >= 0.3 is 0 Å². The topological polar surface area (TPSA) is 117 Å². The van der Waals surface area contributed by atoms with Crippen LogP contribution in [0.2, 0.25) is 0 Å². The van der Waals surface area contributed by atoms with E-state index < -0.39 is 18.6 Å². The number of phenolic OH excluding ortho intramolecular Hbond substituents is 1. The molecule has 0 spiro atoms. The number of aryl methyl sites for hydroxylation is 1. The first-order valence-electron chi connectivity index (χ1n) is 5.56. The number of hydrogen-bond acceptors (Lipinski definition) is 6. The van der Waals surface area contributed by atoms with Crippen molar-refractivity contribution in [3.63, 3.8) is 0 Å². The van der Waals surface area contributed by atoms with Crippen LogP contribution in [0.4, 0.5) is 0 Å². The highest BCUT2D eigenvalue weighted by Gasteiger charge is 2.10. The fraction of sp³-hybridized carbons (Fsp3) is 0.333.